The summed E-state index contributed by atoms with van der Waals surface area (Å²) in [4.78, 5) is 36.8. The lowest BCUT2D eigenvalue weighted by atomic mass is 9.82. The Hall–Kier alpha value is -2.36. The second-order valence-corrected chi connectivity index (χ2v) is 7.63. The van der Waals surface area contributed by atoms with Crippen molar-refractivity contribution in [3.63, 3.8) is 0 Å². The number of hydrogen-bond donors (Lipinski definition) is 2. The van der Waals surface area contributed by atoms with Gasteiger partial charge in [0.15, 0.2) is 6.61 Å². The fourth-order valence-electron chi connectivity index (χ4n) is 3.00. The van der Waals surface area contributed by atoms with Crippen molar-refractivity contribution in [1.82, 2.24) is 5.32 Å². The Morgan fingerprint density at radius 1 is 1.24 bits per heavy atom. The number of Topliss-reactive ketones (excluding diaryl/α,β-unsaturated/α-hetero) is 1. The summed E-state index contributed by atoms with van der Waals surface area (Å²) >= 11 is 0. The summed E-state index contributed by atoms with van der Waals surface area (Å²) in [5.74, 6) is -1.41. The Labute approximate surface area is 148 Å². The Balaban J connectivity index is 2.78. The predicted molar refractivity (Wildman–Crippen MR) is 91.9 cm³/mol. The van der Waals surface area contributed by atoms with Crippen LogP contribution in [0.3, 0.4) is 0 Å². The van der Waals surface area contributed by atoms with Crippen LogP contribution in [0.4, 0.5) is 0 Å². The highest BCUT2D eigenvalue weighted by molar-refractivity contribution is 6.01. The molecule has 0 aromatic carbocycles. The van der Waals surface area contributed by atoms with Crippen molar-refractivity contribution in [2.45, 2.75) is 65.3 Å². The fourth-order valence-corrected chi connectivity index (χ4v) is 3.00. The zero-order valence-corrected chi connectivity index (χ0v) is 15.4. The maximum Gasteiger partial charge on any atom is 0.313 e. The zero-order valence-electron chi connectivity index (χ0n) is 15.4. The number of nitrogens with zero attached hydrogens (tertiary/aromatic N) is 1. The first-order chi connectivity index (χ1) is 11.5. The van der Waals surface area contributed by atoms with E-state index >= 15 is 0 Å². The number of nitrogens with one attached hydrogen (secondary N) is 1. The molecule has 0 aliphatic heterocycles. The van der Waals surface area contributed by atoms with E-state index in [0.717, 1.165) is 12.8 Å². The zero-order chi connectivity index (χ0) is 19.3. The van der Waals surface area contributed by atoms with Crippen molar-refractivity contribution in [2.75, 3.05) is 6.61 Å². The summed E-state index contributed by atoms with van der Waals surface area (Å²) < 4.78 is 5.15. The second kappa shape index (κ2) is 8.15. The lowest BCUT2D eigenvalue weighted by Gasteiger charge is -2.28. The van der Waals surface area contributed by atoms with Crippen molar-refractivity contribution in [1.29, 1.82) is 5.26 Å². The molecule has 0 aromatic rings. The summed E-state index contributed by atoms with van der Waals surface area (Å²) in [6.45, 7) is 6.50. The lowest BCUT2D eigenvalue weighted by molar-refractivity contribution is -0.159. The minimum atomic E-state index is -0.899. The van der Waals surface area contributed by atoms with E-state index < -0.39 is 23.8 Å². The molecule has 1 fully saturated rings. The van der Waals surface area contributed by atoms with Crippen LogP contribution < -0.4 is 11.1 Å². The number of carbonyl (C=O) groups is 3. The Morgan fingerprint density at radius 2 is 1.80 bits per heavy atom. The molecule has 1 aliphatic rings. The smallest absolute Gasteiger partial charge is 0.313 e. The number of hydrogen-bond acceptors (Lipinski definition) is 6. The van der Waals surface area contributed by atoms with Gasteiger partial charge in [-0.15, -0.1) is 0 Å². The first kappa shape index (κ1) is 20.7. The van der Waals surface area contributed by atoms with Crippen LogP contribution in [0, 0.1) is 16.7 Å². The fraction of sp³-hybridized carbons (Fsp3) is 0.667. The molecule has 1 amide bonds. The van der Waals surface area contributed by atoms with Crippen molar-refractivity contribution in [3.8, 4) is 6.07 Å². The number of esters is 1. The first-order valence-electron chi connectivity index (χ1n) is 8.39. The minimum absolute atomic E-state index is 0.0359. The molecule has 1 saturated carbocycles. The predicted octanol–water partition coefficient (Wildman–Crippen LogP) is 1.72. The van der Waals surface area contributed by atoms with Crippen molar-refractivity contribution < 1.29 is 19.1 Å². The van der Waals surface area contributed by atoms with E-state index in [1.807, 2.05) is 20.8 Å². The molecule has 138 valence electrons. The van der Waals surface area contributed by atoms with Crippen LogP contribution in [0.25, 0.3) is 0 Å². The largest absolute Gasteiger partial charge is 0.457 e. The van der Waals surface area contributed by atoms with Gasteiger partial charge in [0, 0.05) is 17.7 Å². The van der Waals surface area contributed by atoms with Crippen molar-refractivity contribution >= 4 is 17.7 Å². The van der Waals surface area contributed by atoms with Gasteiger partial charge in [0.25, 0.3) is 0 Å². The first-order valence-corrected chi connectivity index (χ1v) is 8.39. The quantitative estimate of drug-likeness (QED) is 0.428. The third-order valence-corrected chi connectivity index (χ3v) is 4.13. The molecule has 7 nitrogen and oxygen atoms in total. The monoisotopic (exact) mass is 349 g/mol. The molecule has 25 heavy (non-hydrogen) atoms. The molecule has 0 heterocycles. The number of amides is 1. The Kier molecular flexibility index (Phi) is 6.74. The van der Waals surface area contributed by atoms with Gasteiger partial charge in [0.1, 0.15) is 11.6 Å². The van der Waals surface area contributed by atoms with Gasteiger partial charge in [-0.05, 0) is 40.5 Å². The summed E-state index contributed by atoms with van der Waals surface area (Å²) in [5, 5.41) is 11.8. The molecular formula is C18H27N3O4. The molecule has 3 N–H and O–H groups in total. The maximum absolute atomic E-state index is 12.6. The topological polar surface area (TPSA) is 122 Å². The number of nitrogens with two attached hydrogens (primary N) is 1. The lowest BCUT2D eigenvalue weighted by Crippen LogP contribution is -2.44. The van der Waals surface area contributed by atoms with Crippen LogP contribution in [0.15, 0.2) is 11.3 Å². The molecule has 0 unspecified atom stereocenters. The molecule has 0 radical (unpaired) electrons. The van der Waals surface area contributed by atoms with Crippen LogP contribution in [-0.2, 0) is 19.1 Å². The third kappa shape index (κ3) is 5.89. The standard InChI is InChI=1S/C18H27N3O4/c1-12(20)13(10-19)14(22)11-25-16(24)18(7-5-6-8-18)9-15(23)21-17(2,3)4/h5-9,11,20H2,1-4H3,(H,21,23)/b13-12+. The molecule has 0 bridgehead atoms. The maximum atomic E-state index is 12.6. The molecular weight excluding hydrogens is 322 g/mol. The number of allylic oxidation sites excluding steroid dienone is 1. The van der Waals surface area contributed by atoms with Gasteiger partial charge < -0.3 is 15.8 Å². The Bertz CT molecular complexity index is 613. The second-order valence-electron chi connectivity index (χ2n) is 7.63. The molecule has 0 aromatic heterocycles. The van der Waals surface area contributed by atoms with Gasteiger partial charge in [0.2, 0.25) is 11.7 Å². The van der Waals surface area contributed by atoms with Gasteiger partial charge in [-0.25, -0.2) is 0 Å². The van der Waals surface area contributed by atoms with Gasteiger partial charge in [0.05, 0.1) is 5.41 Å². The number of rotatable bonds is 6. The van der Waals surface area contributed by atoms with Gasteiger partial charge in [-0.3, -0.25) is 14.4 Å². The van der Waals surface area contributed by atoms with Crippen LogP contribution >= 0.6 is 0 Å². The average Bonchev–Trinajstić information content (AvgIpc) is 2.92. The van der Waals surface area contributed by atoms with E-state index in [2.05, 4.69) is 5.32 Å². The molecule has 1 aliphatic carbocycles. The van der Waals surface area contributed by atoms with E-state index in [1.54, 1.807) is 6.07 Å². The Morgan fingerprint density at radius 3 is 2.24 bits per heavy atom. The summed E-state index contributed by atoms with van der Waals surface area (Å²) in [5.41, 5.74) is 4.06. The summed E-state index contributed by atoms with van der Waals surface area (Å²) in [6, 6.07) is 1.71. The van der Waals surface area contributed by atoms with Crippen molar-refractivity contribution in [2.24, 2.45) is 11.1 Å². The van der Waals surface area contributed by atoms with Crippen LogP contribution in [-0.4, -0.2) is 29.8 Å². The molecule has 7 heteroatoms. The number of carbonyl (C=O) groups excluding carboxylic acids is 3. The molecule has 0 spiro atoms. The highest BCUT2D eigenvalue weighted by Gasteiger charge is 2.44. The number of ether oxygens (including phenoxy) is 1. The van der Waals surface area contributed by atoms with Crippen LogP contribution in [0.1, 0.15) is 59.8 Å². The summed E-state index contributed by atoms with van der Waals surface area (Å²) in [7, 11) is 0. The van der Waals surface area contributed by atoms with Gasteiger partial charge in [-0.2, -0.15) is 5.26 Å². The highest BCUT2D eigenvalue weighted by Crippen LogP contribution is 2.42. The van der Waals surface area contributed by atoms with Gasteiger partial charge >= 0.3 is 5.97 Å². The van der Waals surface area contributed by atoms with Crippen molar-refractivity contribution in [3.05, 3.63) is 11.3 Å². The molecule has 1 rings (SSSR count). The molecule has 0 atom stereocenters. The minimum Gasteiger partial charge on any atom is -0.457 e. The van der Waals surface area contributed by atoms with E-state index in [0.29, 0.717) is 12.8 Å². The van der Waals surface area contributed by atoms with E-state index in [9.17, 15) is 14.4 Å². The van der Waals surface area contributed by atoms with E-state index in [-0.39, 0.29) is 29.1 Å². The van der Waals surface area contributed by atoms with E-state index in [1.165, 1.54) is 6.92 Å². The van der Waals surface area contributed by atoms with Crippen LogP contribution in [0.2, 0.25) is 0 Å². The number of ketones is 1. The van der Waals surface area contributed by atoms with E-state index in [4.69, 9.17) is 15.7 Å². The summed E-state index contributed by atoms with van der Waals surface area (Å²) in [6.07, 6.45) is 2.80. The molecule has 0 saturated heterocycles. The normalized spacial score (nSPS) is 17.2. The number of nitriles is 1. The highest BCUT2D eigenvalue weighted by atomic mass is 16.5. The third-order valence-electron chi connectivity index (χ3n) is 4.13. The van der Waals surface area contributed by atoms with Crippen LogP contribution in [0.5, 0.6) is 0 Å². The average molecular weight is 349 g/mol. The SMILES string of the molecule is C/C(N)=C(/C#N)C(=O)COC(=O)C1(CC(=O)NC(C)(C)C)CCCC1. The van der Waals surface area contributed by atoms with Gasteiger partial charge in [-0.1, -0.05) is 12.8 Å².